The standard InChI is InChI=1S/C25H19NS/c1-26-24-23(18-12-6-3-7-13-18)20(17-10-4-2-5-11-17)16-21-19-14-8-9-15-22(19)27-25(21)24/h2-16,26H,1H3. The predicted octanol–water partition coefficient (Wildman–Crippen LogP) is 7.43. The van der Waals surface area contributed by atoms with E-state index in [0.717, 1.165) is 0 Å². The normalized spacial score (nSPS) is 11.1. The maximum Gasteiger partial charge on any atom is 0.0605 e. The highest BCUT2D eigenvalue weighted by Gasteiger charge is 2.18. The maximum atomic E-state index is 3.52. The first-order chi connectivity index (χ1) is 13.4. The molecule has 5 rings (SSSR count). The van der Waals surface area contributed by atoms with E-state index in [4.69, 9.17) is 0 Å². The molecule has 0 aliphatic carbocycles. The van der Waals surface area contributed by atoms with Crippen LogP contribution in [0, 0.1) is 0 Å². The van der Waals surface area contributed by atoms with Crippen molar-refractivity contribution in [1.82, 2.24) is 0 Å². The molecule has 0 aliphatic rings. The molecule has 1 N–H and O–H groups in total. The van der Waals surface area contributed by atoms with Crippen LogP contribution in [0.2, 0.25) is 0 Å². The van der Waals surface area contributed by atoms with Gasteiger partial charge in [-0.2, -0.15) is 0 Å². The molecule has 0 amide bonds. The molecule has 27 heavy (non-hydrogen) atoms. The van der Waals surface area contributed by atoms with Crippen molar-refractivity contribution in [2.24, 2.45) is 0 Å². The molecule has 0 atom stereocenters. The van der Waals surface area contributed by atoms with E-state index in [1.807, 2.05) is 18.4 Å². The summed E-state index contributed by atoms with van der Waals surface area (Å²) in [6, 6.07) is 32.4. The van der Waals surface area contributed by atoms with Crippen molar-refractivity contribution in [2.75, 3.05) is 12.4 Å². The molecule has 0 saturated heterocycles. The lowest BCUT2D eigenvalue weighted by molar-refractivity contribution is 1.53. The second-order valence-electron chi connectivity index (χ2n) is 6.63. The van der Waals surface area contributed by atoms with Crippen LogP contribution in [0.1, 0.15) is 0 Å². The Kier molecular flexibility index (Phi) is 3.92. The summed E-state index contributed by atoms with van der Waals surface area (Å²) in [5, 5.41) is 6.16. The number of rotatable bonds is 3. The minimum Gasteiger partial charge on any atom is -0.386 e. The summed E-state index contributed by atoms with van der Waals surface area (Å²) in [5.41, 5.74) is 6.22. The monoisotopic (exact) mass is 365 g/mol. The molecule has 4 aromatic carbocycles. The fourth-order valence-electron chi connectivity index (χ4n) is 3.85. The molecule has 130 valence electrons. The van der Waals surface area contributed by atoms with Gasteiger partial charge in [-0.25, -0.2) is 0 Å². The fourth-order valence-corrected chi connectivity index (χ4v) is 5.09. The summed E-state index contributed by atoms with van der Waals surface area (Å²) in [4.78, 5) is 0. The quantitative estimate of drug-likeness (QED) is 0.350. The molecular formula is C25H19NS. The van der Waals surface area contributed by atoms with Crippen LogP contribution in [-0.2, 0) is 0 Å². The van der Waals surface area contributed by atoms with E-state index in [-0.39, 0.29) is 0 Å². The summed E-state index contributed by atoms with van der Waals surface area (Å²) >= 11 is 1.86. The zero-order valence-electron chi connectivity index (χ0n) is 15.1. The largest absolute Gasteiger partial charge is 0.386 e. The number of thiophene rings is 1. The highest BCUT2D eigenvalue weighted by Crippen LogP contribution is 2.47. The number of hydrogen-bond donors (Lipinski definition) is 1. The molecule has 0 bridgehead atoms. The van der Waals surface area contributed by atoms with Gasteiger partial charge in [0.05, 0.1) is 10.4 Å². The van der Waals surface area contributed by atoms with Gasteiger partial charge < -0.3 is 5.32 Å². The fraction of sp³-hybridized carbons (Fsp3) is 0.0400. The van der Waals surface area contributed by atoms with E-state index in [0.29, 0.717) is 0 Å². The van der Waals surface area contributed by atoms with Crippen LogP contribution in [0.25, 0.3) is 42.4 Å². The van der Waals surface area contributed by atoms with E-state index in [1.54, 1.807) is 0 Å². The van der Waals surface area contributed by atoms with Crippen LogP contribution in [0.15, 0.2) is 91.0 Å². The zero-order valence-corrected chi connectivity index (χ0v) is 15.9. The lowest BCUT2D eigenvalue weighted by atomic mass is 9.91. The van der Waals surface area contributed by atoms with Crippen molar-refractivity contribution in [3.05, 3.63) is 91.0 Å². The van der Waals surface area contributed by atoms with Crippen LogP contribution in [0.5, 0.6) is 0 Å². The minimum atomic E-state index is 1.21. The SMILES string of the molecule is CNc1c(-c2ccccc2)c(-c2ccccc2)cc2c1sc1ccccc12. The molecule has 0 fully saturated rings. The average Bonchev–Trinajstić information content (AvgIpc) is 3.12. The Labute approximate surface area is 162 Å². The number of nitrogens with one attached hydrogen (secondary N) is 1. The van der Waals surface area contributed by atoms with Crippen LogP contribution < -0.4 is 5.32 Å². The Morgan fingerprint density at radius 2 is 1.30 bits per heavy atom. The molecule has 1 heterocycles. The molecule has 0 saturated carbocycles. The van der Waals surface area contributed by atoms with E-state index in [2.05, 4.69) is 96.3 Å². The Bertz CT molecular complexity index is 1240. The lowest BCUT2D eigenvalue weighted by Gasteiger charge is -2.17. The molecule has 1 aromatic heterocycles. The van der Waals surface area contributed by atoms with Gasteiger partial charge in [-0.3, -0.25) is 0 Å². The number of anilines is 1. The van der Waals surface area contributed by atoms with Crippen molar-refractivity contribution >= 4 is 37.2 Å². The molecule has 0 radical (unpaired) electrons. The first-order valence-electron chi connectivity index (χ1n) is 9.13. The Hall–Kier alpha value is -3.10. The lowest BCUT2D eigenvalue weighted by Crippen LogP contribution is -1.95. The summed E-state index contributed by atoms with van der Waals surface area (Å²) in [6.07, 6.45) is 0. The van der Waals surface area contributed by atoms with Crippen molar-refractivity contribution < 1.29 is 0 Å². The smallest absolute Gasteiger partial charge is 0.0605 e. The van der Waals surface area contributed by atoms with E-state index in [9.17, 15) is 0 Å². The van der Waals surface area contributed by atoms with E-state index >= 15 is 0 Å². The van der Waals surface area contributed by atoms with Crippen molar-refractivity contribution in [3.8, 4) is 22.3 Å². The topological polar surface area (TPSA) is 12.0 Å². The highest BCUT2D eigenvalue weighted by atomic mass is 32.1. The Balaban J connectivity index is 1.97. The number of hydrogen-bond acceptors (Lipinski definition) is 2. The van der Waals surface area contributed by atoms with Crippen LogP contribution in [-0.4, -0.2) is 7.05 Å². The van der Waals surface area contributed by atoms with Gasteiger partial charge in [0, 0.05) is 28.1 Å². The second-order valence-corrected chi connectivity index (χ2v) is 7.68. The molecule has 5 aromatic rings. The van der Waals surface area contributed by atoms with Gasteiger partial charge in [-0.1, -0.05) is 78.9 Å². The Morgan fingerprint density at radius 3 is 2.00 bits per heavy atom. The third kappa shape index (κ3) is 2.61. The van der Waals surface area contributed by atoms with Crippen LogP contribution >= 0.6 is 11.3 Å². The van der Waals surface area contributed by atoms with Gasteiger partial charge in [-0.05, 0) is 28.8 Å². The summed E-state index contributed by atoms with van der Waals surface area (Å²) in [5.74, 6) is 0. The molecular weight excluding hydrogens is 346 g/mol. The van der Waals surface area contributed by atoms with Gasteiger partial charge in [0.1, 0.15) is 0 Å². The molecule has 0 unspecified atom stereocenters. The predicted molar refractivity (Wildman–Crippen MR) is 120 cm³/mol. The molecule has 2 heteroatoms. The van der Waals surface area contributed by atoms with Crippen molar-refractivity contribution in [2.45, 2.75) is 0 Å². The van der Waals surface area contributed by atoms with Gasteiger partial charge in [0.25, 0.3) is 0 Å². The number of fused-ring (bicyclic) bond motifs is 3. The van der Waals surface area contributed by atoms with Crippen molar-refractivity contribution in [3.63, 3.8) is 0 Å². The minimum absolute atomic E-state index is 1.21. The van der Waals surface area contributed by atoms with Crippen LogP contribution in [0.4, 0.5) is 5.69 Å². The first kappa shape index (κ1) is 16.1. The summed E-state index contributed by atoms with van der Waals surface area (Å²) in [7, 11) is 2.03. The average molecular weight is 366 g/mol. The van der Waals surface area contributed by atoms with Crippen molar-refractivity contribution in [1.29, 1.82) is 0 Å². The van der Waals surface area contributed by atoms with Crippen LogP contribution in [0.3, 0.4) is 0 Å². The third-order valence-corrected chi connectivity index (χ3v) is 6.27. The second kappa shape index (κ2) is 6.57. The van der Waals surface area contributed by atoms with E-state index < -0.39 is 0 Å². The van der Waals surface area contributed by atoms with Gasteiger partial charge >= 0.3 is 0 Å². The highest BCUT2D eigenvalue weighted by molar-refractivity contribution is 7.26. The zero-order chi connectivity index (χ0) is 18.2. The first-order valence-corrected chi connectivity index (χ1v) is 9.95. The van der Waals surface area contributed by atoms with E-state index in [1.165, 1.54) is 48.1 Å². The molecule has 0 aliphatic heterocycles. The van der Waals surface area contributed by atoms with Gasteiger partial charge in [0.15, 0.2) is 0 Å². The third-order valence-electron chi connectivity index (χ3n) is 5.07. The molecule has 1 nitrogen and oxygen atoms in total. The summed E-state index contributed by atoms with van der Waals surface area (Å²) in [6.45, 7) is 0. The summed E-state index contributed by atoms with van der Waals surface area (Å²) < 4.78 is 2.64. The Morgan fingerprint density at radius 1 is 0.667 bits per heavy atom. The number of benzene rings is 4. The molecule has 0 spiro atoms. The van der Waals surface area contributed by atoms with Gasteiger partial charge in [0.2, 0.25) is 0 Å². The van der Waals surface area contributed by atoms with Gasteiger partial charge in [-0.15, -0.1) is 11.3 Å². The maximum absolute atomic E-state index is 3.52.